The smallest absolute Gasteiger partial charge is 0.0632 e. The maximum absolute atomic E-state index is 4.19. The zero-order valence-electron chi connectivity index (χ0n) is 8.83. The molecule has 1 N–H and O–H groups in total. The van der Waals surface area contributed by atoms with Crippen molar-refractivity contribution in [3.63, 3.8) is 0 Å². The van der Waals surface area contributed by atoms with Crippen LogP contribution in [0.3, 0.4) is 0 Å². The fraction of sp³-hybridized carbons (Fsp3) is 0.700. The van der Waals surface area contributed by atoms with Gasteiger partial charge in [-0.1, -0.05) is 13.8 Å². The van der Waals surface area contributed by atoms with Gasteiger partial charge in [-0.25, -0.2) is 0 Å². The normalized spacial score (nSPS) is 11.1. The first-order valence-electron chi connectivity index (χ1n) is 5.07. The van der Waals surface area contributed by atoms with E-state index < -0.39 is 0 Å². The van der Waals surface area contributed by atoms with Crippen molar-refractivity contribution in [3.8, 4) is 0 Å². The molecule has 14 heavy (non-hydrogen) atoms. The highest BCUT2D eigenvalue weighted by molar-refractivity contribution is 9.10. The van der Waals surface area contributed by atoms with Crippen LogP contribution in [-0.2, 0) is 6.54 Å². The highest BCUT2D eigenvalue weighted by Crippen LogP contribution is 2.06. The molecule has 0 atom stereocenters. The molecule has 1 aromatic heterocycles. The lowest BCUT2D eigenvalue weighted by atomic mass is 10.2. The van der Waals surface area contributed by atoms with E-state index in [1.165, 1.54) is 0 Å². The number of hydrogen-bond acceptors (Lipinski definition) is 2. The third-order valence-electron chi connectivity index (χ3n) is 1.90. The van der Waals surface area contributed by atoms with Crippen molar-refractivity contribution in [2.75, 3.05) is 13.1 Å². The highest BCUT2D eigenvalue weighted by Gasteiger charge is 1.95. The Bertz CT molecular complexity index is 258. The van der Waals surface area contributed by atoms with Crippen molar-refractivity contribution in [3.05, 3.63) is 16.9 Å². The molecule has 3 nitrogen and oxygen atoms in total. The van der Waals surface area contributed by atoms with E-state index in [1.54, 1.807) is 0 Å². The minimum atomic E-state index is 0.730. The van der Waals surface area contributed by atoms with E-state index in [2.05, 4.69) is 40.2 Å². The summed E-state index contributed by atoms with van der Waals surface area (Å²) >= 11 is 3.37. The molecular weight excluding hydrogens is 242 g/mol. The maximum atomic E-state index is 4.19. The van der Waals surface area contributed by atoms with Crippen molar-refractivity contribution >= 4 is 15.9 Å². The first kappa shape index (κ1) is 11.7. The second-order valence-electron chi connectivity index (χ2n) is 3.87. The molecule has 4 heteroatoms. The van der Waals surface area contributed by atoms with Crippen molar-refractivity contribution in [1.82, 2.24) is 15.1 Å². The molecule has 0 amide bonds. The lowest BCUT2D eigenvalue weighted by Gasteiger charge is -2.06. The second-order valence-corrected chi connectivity index (χ2v) is 4.79. The largest absolute Gasteiger partial charge is 0.316 e. The fourth-order valence-corrected chi connectivity index (χ4v) is 1.55. The van der Waals surface area contributed by atoms with Gasteiger partial charge in [0.1, 0.15) is 0 Å². The topological polar surface area (TPSA) is 29.9 Å². The Morgan fingerprint density at radius 2 is 2.36 bits per heavy atom. The number of rotatable bonds is 6. The van der Waals surface area contributed by atoms with Crippen LogP contribution in [0.15, 0.2) is 16.9 Å². The lowest BCUT2D eigenvalue weighted by molar-refractivity contribution is 0.506. The van der Waals surface area contributed by atoms with Crippen LogP contribution in [0.1, 0.15) is 20.3 Å². The van der Waals surface area contributed by atoms with Gasteiger partial charge in [-0.05, 0) is 41.4 Å². The van der Waals surface area contributed by atoms with Crippen molar-refractivity contribution in [1.29, 1.82) is 0 Å². The summed E-state index contributed by atoms with van der Waals surface area (Å²) in [5.74, 6) is 0.730. The van der Waals surface area contributed by atoms with Crippen LogP contribution >= 0.6 is 15.9 Å². The van der Waals surface area contributed by atoms with Crippen LogP contribution in [0.5, 0.6) is 0 Å². The second kappa shape index (κ2) is 6.19. The molecule has 0 bridgehead atoms. The Labute approximate surface area is 94.0 Å². The van der Waals surface area contributed by atoms with Gasteiger partial charge in [0, 0.05) is 12.7 Å². The van der Waals surface area contributed by atoms with E-state index in [4.69, 9.17) is 0 Å². The monoisotopic (exact) mass is 259 g/mol. The molecule has 1 aromatic rings. The summed E-state index contributed by atoms with van der Waals surface area (Å²) in [4.78, 5) is 0. The summed E-state index contributed by atoms with van der Waals surface area (Å²) in [6.45, 7) is 7.59. The maximum Gasteiger partial charge on any atom is 0.0632 e. The standard InChI is InChI=1S/C10H18BrN3/c1-9(2)6-12-4-3-5-14-8-10(11)7-13-14/h7-9,12H,3-6H2,1-2H3. The van der Waals surface area contributed by atoms with Gasteiger partial charge >= 0.3 is 0 Å². The number of aromatic nitrogens is 2. The molecule has 0 radical (unpaired) electrons. The van der Waals surface area contributed by atoms with Gasteiger partial charge in [0.05, 0.1) is 10.7 Å². The Kier molecular flexibility index (Phi) is 5.19. The van der Waals surface area contributed by atoms with Crippen LogP contribution in [-0.4, -0.2) is 22.9 Å². The quantitative estimate of drug-likeness (QED) is 0.795. The number of nitrogens with one attached hydrogen (secondary N) is 1. The summed E-state index contributed by atoms with van der Waals surface area (Å²) in [5.41, 5.74) is 0. The Morgan fingerprint density at radius 1 is 1.57 bits per heavy atom. The van der Waals surface area contributed by atoms with Gasteiger partial charge in [0.15, 0.2) is 0 Å². The molecule has 0 saturated heterocycles. The molecule has 1 rings (SSSR count). The Balaban J connectivity index is 2.04. The summed E-state index contributed by atoms with van der Waals surface area (Å²) < 4.78 is 3.01. The molecular formula is C10H18BrN3. The van der Waals surface area contributed by atoms with Gasteiger partial charge in [0.25, 0.3) is 0 Å². The predicted molar refractivity (Wildman–Crippen MR) is 62.3 cm³/mol. The van der Waals surface area contributed by atoms with Crippen molar-refractivity contribution in [2.24, 2.45) is 5.92 Å². The van der Waals surface area contributed by atoms with Gasteiger partial charge in [-0.3, -0.25) is 4.68 Å². The molecule has 0 unspecified atom stereocenters. The molecule has 0 aliphatic heterocycles. The van der Waals surface area contributed by atoms with Crippen molar-refractivity contribution in [2.45, 2.75) is 26.8 Å². The average Bonchev–Trinajstić information content (AvgIpc) is 2.50. The zero-order chi connectivity index (χ0) is 10.4. The first-order valence-corrected chi connectivity index (χ1v) is 5.86. The third kappa shape index (κ3) is 4.77. The van der Waals surface area contributed by atoms with E-state index >= 15 is 0 Å². The number of nitrogens with zero attached hydrogens (tertiary/aromatic N) is 2. The molecule has 0 aromatic carbocycles. The van der Waals surface area contributed by atoms with Gasteiger partial charge in [-0.2, -0.15) is 5.10 Å². The third-order valence-corrected chi connectivity index (χ3v) is 2.30. The number of hydrogen-bond donors (Lipinski definition) is 1. The lowest BCUT2D eigenvalue weighted by Crippen LogP contribution is -2.21. The van der Waals surface area contributed by atoms with Crippen LogP contribution in [0.4, 0.5) is 0 Å². The molecule has 0 fully saturated rings. The Morgan fingerprint density at radius 3 is 2.93 bits per heavy atom. The molecule has 1 heterocycles. The summed E-state index contributed by atoms with van der Waals surface area (Å²) in [6.07, 6.45) is 4.95. The minimum absolute atomic E-state index is 0.730. The summed E-state index contributed by atoms with van der Waals surface area (Å²) in [7, 11) is 0. The van der Waals surface area contributed by atoms with E-state index in [0.29, 0.717) is 0 Å². The number of halogens is 1. The molecule has 0 spiro atoms. The van der Waals surface area contributed by atoms with E-state index in [1.807, 2.05) is 17.1 Å². The van der Waals surface area contributed by atoms with Crippen LogP contribution in [0.25, 0.3) is 0 Å². The minimum Gasteiger partial charge on any atom is -0.316 e. The molecule has 80 valence electrons. The van der Waals surface area contributed by atoms with Gasteiger partial charge < -0.3 is 5.32 Å². The van der Waals surface area contributed by atoms with Crippen LogP contribution in [0, 0.1) is 5.92 Å². The zero-order valence-corrected chi connectivity index (χ0v) is 10.4. The van der Waals surface area contributed by atoms with Gasteiger partial charge in [-0.15, -0.1) is 0 Å². The van der Waals surface area contributed by atoms with E-state index in [-0.39, 0.29) is 0 Å². The fourth-order valence-electron chi connectivity index (χ4n) is 1.22. The molecule has 0 aliphatic rings. The highest BCUT2D eigenvalue weighted by atomic mass is 79.9. The molecule has 0 aliphatic carbocycles. The average molecular weight is 260 g/mol. The van der Waals surface area contributed by atoms with Crippen LogP contribution < -0.4 is 5.32 Å². The van der Waals surface area contributed by atoms with Crippen molar-refractivity contribution < 1.29 is 0 Å². The van der Waals surface area contributed by atoms with Gasteiger partial charge in [0.2, 0.25) is 0 Å². The summed E-state index contributed by atoms with van der Waals surface area (Å²) in [6, 6.07) is 0. The first-order chi connectivity index (χ1) is 6.68. The van der Waals surface area contributed by atoms with E-state index in [0.717, 1.165) is 36.4 Å². The predicted octanol–water partition coefficient (Wildman–Crippen LogP) is 2.28. The van der Waals surface area contributed by atoms with Crippen LogP contribution in [0.2, 0.25) is 0 Å². The number of aryl methyl sites for hydroxylation is 1. The molecule has 0 saturated carbocycles. The SMILES string of the molecule is CC(C)CNCCCn1cc(Br)cn1. The van der Waals surface area contributed by atoms with E-state index in [9.17, 15) is 0 Å². The summed E-state index contributed by atoms with van der Waals surface area (Å²) in [5, 5.41) is 7.60. The Hall–Kier alpha value is -0.350.